The van der Waals surface area contributed by atoms with E-state index < -0.39 is 5.97 Å². The molecule has 2 aromatic rings. The maximum absolute atomic E-state index is 11.9. The van der Waals surface area contributed by atoms with Crippen molar-refractivity contribution < 1.29 is 19.1 Å². The third-order valence-electron chi connectivity index (χ3n) is 3.28. The molecule has 2 rings (SSSR count). The first-order valence-electron chi connectivity index (χ1n) is 7.47. The largest absolute Gasteiger partial charge is 0.482 e. The first-order chi connectivity index (χ1) is 11.6. The van der Waals surface area contributed by atoms with Gasteiger partial charge < -0.3 is 20.1 Å². The van der Waals surface area contributed by atoms with Crippen LogP contribution < -0.4 is 15.4 Å². The van der Waals surface area contributed by atoms with Crippen LogP contribution in [0.3, 0.4) is 0 Å². The van der Waals surface area contributed by atoms with E-state index in [1.165, 1.54) is 7.11 Å². The number of carbonyl (C=O) groups excluding carboxylic acids is 2. The van der Waals surface area contributed by atoms with Crippen molar-refractivity contribution in [1.29, 1.82) is 0 Å². The fourth-order valence-electron chi connectivity index (χ4n) is 2.03. The summed E-state index contributed by atoms with van der Waals surface area (Å²) in [6, 6.07) is 14.6. The van der Waals surface area contributed by atoms with Crippen LogP contribution in [0, 0.1) is 6.92 Å². The van der Waals surface area contributed by atoms with Gasteiger partial charge >= 0.3 is 5.97 Å². The fourth-order valence-corrected chi connectivity index (χ4v) is 2.03. The molecule has 0 aliphatic carbocycles. The van der Waals surface area contributed by atoms with Crippen molar-refractivity contribution in [2.75, 3.05) is 30.9 Å². The smallest absolute Gasteiger partial charge is 0.343 e. The molecule has 0 radical (unpaired) electrons. The van der Waals surface area contributed by atoms with Gasteiger partial charge in [0.1, 0.15) is 5.75 Å². The van der Waals surface area contributed by atoms with Crippen molar-refractivity contribution in [2.45, 2.75) is 6.92 Å². The van der Waals surface area contributed by atoms with Crippen molar-refractivity contribution in [1.82, 2.24) is 0 Å². The van der Waals surface area contributed by atoms with E-state index in [4.69, 9.17) is 4.74 Å². The molecular weight excluding hydrogens is 308 g/mol. The molecule has 0 fully saturated rings. The van der Waals surface area contributed by atoms with E-state index in [-0.39, 0.29) is 19.1 Å². The van der Waals surface area contributed by atoms with Gasteiger partial charge in [-0.15, -0.1) is 0 Å². The molecule has 2 aromatic carbocycles. The molecule has 0 atom stereocenters. The highest BCUT2D eigenvalue weighted by molar-refractivity contribution is 5.93. The zero-order valence-electron chi connectivity index (χ0n) is 13.7. The van der Waals surface area contributed by atoms with Gasteiger partial charge in [-0.1, -0.05) is 18.2 Å². The van der Waals surface area contributed by atoms with E-state index in [1.807, 2.05) is 37.3 Å². The number of ether oxygens (including phenoxy) is 2. The molecule has 0 spiro atoms. The lowest BCUT2D eigenvalue weighted by molar-refractivity contribution is -0.142. The average molecular weight is 328 g/mol. The summed E-state index contributed by atoms with van der Waals surface area (Å²) in [5, 5.41) is 5.88. The average Bonchev–Trinajstić information content (AvgIpc) is 2.59. The van der Waals surface area contributed by atoms with Crippen LogP contribution in [0.25, 0.3) is 0 Å². The number of hydrogen-bond acceptors (Lipinski definition) is 5. The summed E-state index contributed by atoms with van der Waals surface area (Å²) >= 11 is 0. The van der Waals surface area contributed by atoms with Crippen LogP contribution in [0.15, 0.2) is 48.5 Å². The summed E-state index contributed by atoms with van der Waals surface area (Å²) < 4.78 is 9.84. The SMILES string of the molecule is COC(=O)COc1ccc(NCC(=O)Nc2ccccc2)c(C)c1. The maximum Gasteiger partial charge on any atom is 0.343 e. The molecular formula is C18H20N2O4. The third-order valence-corrected chi connectivity index (χ3v) is 3.28. The molecule has 24 heavy (non-hydrogen) atoms. The van der Waals surface area contributed by atoms with Crippen molar-refractivity contribution in [3.05, 3.63) is 54.1 Å². The number of benzene rings is 2. The normalized spacial score (nSPS) is 9.92. The minimum Gasteiger partial charge on any atom is -0.482 e. The van der Waals surface area contributed by atoms with Gasteiger partial charge in [-0.3, -0.25) is 4.79 Å². The minimum absolute atomic E-state index is 0.133. The number of methoxy groups -OCH3 is 1. The quantitative estimate of drug-likeness (QED) is 0.764. The molecule has 0 saturated carbocycles. The molecule has 0 aliphatic rings. The molecule has 0 heterocycles. The van der Waals surface area contributed by atoms with E-state index in [2.05, 4.69) is 15.4 Å². The zero-order valence-corrected chi connectivity index (χ0v) is 13.7. The first kappa shape index (κ1) is 17.3. The number of nitrogens with one attached hydrogen (secondary N) is 2. The van der Waals surface area contributed by atoms with E-state index in [0.717, 1.165) is 16.9 Å². The van der Waals surface area contributed by atoms with Crippen molar-refractivity contribution >= 4 is 23.3 Å². The summed E-state index contributed by atoms with van der Waals surface area (Å²) in [5.41, 5.74) is 2.49. The number of carbonyl (C=O) groups is 2. The van der Waals surface area contributed by atoms with Gasteiger partial charge in [0.05, 0.1) is 13.7 Å². The Morgan fingerprint density at radius 1 is 1.08 bits per heavy atom. The molecule has 126 valence electrons. The molecule has 0 aliphatic heterocycles. The van der Waals surface area contributed by atoms with E-state index in [0.29, 0.717) is 5.75 Å². The summed E-state index contributed by atoms with van der Waals surface area (Å²) in [5.74, 6) is -0.00348. The highest BCUT2D eigenvalue weighted by Crippen LogP contribution is 2.21. The van der Waals surface area contributed by atoms with Gasteiger partial charge in [0.25, 0.3) is 0 Å². The van der Waals surface area contributed by atoms with Gasteiger partial charge in [0.15, 0.2) is 6.61 Å². The second-order valence-corrected chi connectivity index (χ2v) is 5.11. The van der Waals surface area contributed by atoms with Crippen LogP contribution in [0.1, 0.15) is 5.56 Å². The molecule has 0 unspecified atom stereocenters. The van der Waals surface area contributed by atoms with E-state index >= 15 is 0 Å². The Morgan fingerprint density at radius 2 is 1.83 bits per heavy atom. The summed E-state index contributed by atoms with van der Waals surface area (Å²) in [4.78, 5) is 23.0. The van der Waals surface area contributed by atoms with Crippen LogP contribution in [0.2, 0.25) is 0 Å². The molecule has 6 heteroatoms. The van der Waals surface area contributed by atoms with Crippen molar-refractivity contribution in [3.63, 3.8) is 0 Å². The third kappa shape index (κ3) is 5.31. The number of anilines is 2. The Kier molecular flexibility index (Phi) is 6.19. The van der Waals surface area contributed by atoms with Gasteiger partial charge in [-0.2, -0.15) is 0 Å². The van der Waals surface area contributed by atoms with Crippen LogP contribution in [0.5, 0.6) is 5.75 Å². The van der Waals surface area contributed by atoms with Crippen molar-refractivity contribution in [3.8, 4) is 5.75 Å². The Labute approximate surface area is 140 Å². The molecule has 6 nitrogen and oxygen atoms in total. The van der Waals surface area contributed by atoms with Gasteiger partial charge in [-0.05, 0) is 42.8 Å². The molecule has 0 saturated heterocycles. The zero-order chi connectivity index (χ0) is 17.4. The minimum atomic E-state index is -0.438. The highest BCUT2D eigenvalue weighted by Gasteiger charge is 2.06. The Hall–Kier alpha value is -3.02. The van der Waals surface area contributed by atoms with Gasteiger partial charge in [0, 0.05) is 11.4 Å². The lowest BCUT2D eigenvalue weighted by atomic mass is 10.2. The predicted octanol–water partition coefficient (Wildman–Crippen LogP) is 2.60. The number of amides is 1. The predicted molar refractivity (Wildman–Crippen MR) is 92.3 cm³/mol. The lowest BCUT2D eigenvalue weighted by Crippen LogP contribution is -2.22. The number of esters is 1. The Balaban J connectivity index is 1.86. The topological polar surface area (TPSA) is 76.7 Å². The van der Waals surface area contributed by atoms with Crippen LogP contribution in [-0.2, 0) is 14.3 Å². The summed E-state index contributed by atoms with van der Waals surface area (Å²) in [6.45, 7) is 1.91. The van der Waals surface area contributed by atoms with Gasteiger partial charge in [-0.25, -0.2) is 4.79 Å². The van der Waals surface area contributed by atoms with Crippen LogP contribution in [0.4, 0.5) is 11.4 Å². The lowest BCUT2D eigenvalue weighted by Gasteiger charge is -2.12. The highest BCUT2D eigenvalue weighted by atomic mass is 16.6. The first-order valence-corrected chi connectivity index (χ1v) is 7.47. The van der Waals surface area contributed by atoms with Gasteiger partial charge in [0.2, 0.25) is 5.91 Å². The van der Waals surface area contributed by atoms with Crippen LogP contribution in [-0.4, -0.2) is 32.1 Å². The fraction of sp³-hybridized carbons (Fsp3) is 0.222. The summed E-state index contributed by atoms with van der Waals surface area (Å²) in [7, 11) is 1.31. The monoisotopic (exact) mass is 328 g/mol. The van der Waals surface area contributed by atoms with E-state index in [1.54, 1.807) is 18.2 Å². The number of rotatable bonds is 7. The van der Waals surface area contributed by atoms with Crippen LogP contribution >= 0.6 is 0 Å². The Morgan fingerprint density at radius 3 is 2.50 bits per heavy atom. The maximum atomic E-state index is 11.9. The number of para-hydroxylation sites is 1. The standard InChI is InChI=1S/C18H20N2O4/c1-13-10-15(24-12-18(22)23-2)8-9-16(13)19-11-17(21)20-14-6-4-3-5-7-14/h3-10,19H,11-12H2,1-2H3,(H,20,21). The molecule has 1 amide bonds. The van der Waals surface area contributed by atoms with Crippen molar-refractivity contribution in [2.24, 2.45) is 0 Å². The molecule has 0 aromatic heterocycles. The summed E-state index contributed by atoms with van der Waals surface area (Å²) in [6.07, 6.45) is 0. The van der Waals surface area contributed by atoms with E-state index in [9.17, 15) is 9.59 Å². The number of aryl methyl sites for hydroxylation is 1. The molecule has 0 bridgehead atoms. The Bertz CT molecular complexity index is 701. The second kappa shape index (κ2) is 8.57. The number of hydrogen-bond donors (Lipinski definition) is 2. The second-order valence-electron chi connectivity index (χ2n) is 5.11. The molecule has 2 N–H and O–H groups in total.